The topological polar surface area (TPSA) is 29.5 Å². The maximum Gasteiger partial charge on any atom is 0.159 e. The summed E-state index contributed by atoms with van der Waals surface area (Å²) in [6, 6.07) is 62.0. The van der Waals surface area contributed by atoms with Gasteiger partial charge in [0.1, 0.15) is 16.7 Å². The Morgan fingerprint density at radius 2 is 1.00 bits per heavy atom. The number of nitrogens with zero attached hydrogens (tertiary/aromatic N) is 1. The molecule has 0 unspecified atom stereocenters. The molecule has 0 spiro atoms. The molecule has 2 heterocycles. The number of rotatable bonds is 5. The summed E-state index contributed by atoms with van der Waals surface area (Å²) in [6.45, 7) is 0. The standard InChI is InChI=1S/C46H29NO2/c1-2-12-30(13-3-1)31-24-26-34(27-25-31)47(41-21-10-19-38-36-17-7-9-22-42(36)49-46(38)41)40-20-8-6-16-35(40)37-18-11-23-43-45(37)39-28-32-14-4-5-15-33(32)29-44(39)48-43/h1-29H. The van der Waals surface area contributed by atoms with Crippen LogP contribution in [0.1, 0.15) is 0 Å². The van der Waals surface area contributed by atoms with Gasteiger partial charge in [0.2, 0.25) is 0 Å². The van der Waals surface area contributed by atoms with Gasteiger partial charge in [0.25, 0.3) is 0 Å². The fraction of sp³-hybridized carbons (Fsp3) is 0. The summed E-state index contributed by atoms with van der Waals surface area (Å²) >= 11 is 0. The van der Waals surface area contributed by atoms with Crippen molar-refractivity contribution >= 4 is 71.7 Å². The van der Waals surface area contributed by atoms with Crippen molar-refractivity contribution in [1.29, 1.82) is 0 Å². The Bertz CT molecular complexity index is 2830. The zero-order valence-electron chi connectivity index (χ0n) is 26.5. The van der Waals surface area contributed by atoms with E-state index in [0.29, 0.717) is 0 Å². The minimum atomic E-state index is 0.851. The van der Waals surface area contributed by atoms with Gasteiger partial charge in [-0.05, 0) is 76.0 Å². The van der Waals surface area contributed by atoms with Crippen molar-refractivity contribution in [2.75, 3.05) is 4.90 Å². The first-order chi connectivity index (χ1) is 24.3. The maximum absolute atomic E-state index is 6.65. The number of anilines is 3. The van der Waals surface area contributed by atoms with E-state index in [1.165, 1.54) is 21.9 Å². The second kappa shape index (κ2) is 11.0. The van der Waals surface area contributed by atoms with Crippen molar-refractivity contribution in [2.45, 2.75) is 0 Å². The first kappa shape index (κ1) is 27.5. The van der Waals surface area contributed by atoms with E-state index in [1.54, 1.807) is 0 Å². The highest BCUT2D eigenvalue weighted by Crippen LogP contribution is 2.47. The largest absolute Gasteiger partial charge is 0.456 e. The Hall–Kier alpha value is -6.58. The van der Waals surface area contributed by atoms with E-state index in [2.05, 4.69) is 169 Å². The molecule has 0 radical (unpaired) electrons. The SMILES string of the molecule is c1ccc(-c2ccc(N(c3ccccc3-c3cccc4oc5cc6ccccc6cc5c34)c3cccc4c3oc3ccccc34)cc2)cc1. The molecule has 0 saturated carbocycles. The number of benzene rings is 8. The van der Waals surface area contributed by atoms with E-state index < -0.39 is 0 Å². The number of furan rings is 2. The first-order valence-electron chi connectivity index (χ1n) is 16.6. The van der Waals surface area contributed by atoms with E-state index in [9.17, 15) is 0 Å². The molecule has 0 bridgehead atoms. The molecule has 3 nitrogen and oxygen atoms in total. The van der Waals surface area contributed by atoms with Crippen LogP contribution in [0.25, 0.3) is 76.9 Å². The molecule has 0 aliphatic carbocycles. The monoisotopic (exact) mass is 627 g/mol. The Balaban J connectivity index is 1.24. The molecule has 2 aromatic heterocycles. The van der Waals surface area contributed by atoms with Crippen molar-refractivity contribution in [1.82, 2.24) is 0 Å². The van der Waals surface area contributed by atoms with Crippen molar-refractivity contribution in [3.63, 3.8) is 0 Å². The molecule has 8 aromatic carbocycles. The minimum Gasteiger partial charge on any atom is -0.456 e. The van der Waals surface area contributed by atoms with Gasteiger partial charge in [0.05, 0.1) is 11.4 Å². The van der Waals surface area contributed by atoms with Crippen molar-refractivity contribution in [2.24, 2.45) is 0 Å². The number of hydrogen-bond acceptors (Lipinski definition) is 3. The van der Waals surface area contributed by atoms with Crippen LogP contribution in [0, 0.1) is 0 Å². The summed E-state index contributed by atoms with van der Waals surface area (Å²) in [6.07, 6.45) is 0. The average molecular weight is 628 g/mol. The Labute approximate surface area is 282 Å². The Morgan fingerprint density at radius 1 is 0.367 bits per heavy atom. The normalized spacial score (nSPS) is 11.7. The molecule has 0 amide bonds. The second-order valence-corrected chi connectivity index (χ2v) is 12.5. The van der Waals surface area contributed by atoms with Gasteiger partial charge in [-0.25, -0.2) is 0 Å². The van der Waals surface area contributed by atoms with E-state index in [4.69, 9.17) is 8.83 Å². The van der Waals surface area contributed by atoms with Crippen LogP contribution in [-0.2, 0) is 0 Å². The van der Waals surface area contributed by atoms with E-state index in [0.717, 1.165) is 72.1 Å². The van der Waals surface area contributed by atoms with Crippen LogP contribution in [0.2, 0.25) is 0 Å². The highest BCUT2D eigenvalue weighted by molar-refractivity contribution is 6.17. The molecule has 0 fully saturated rings. The van der Waals surface area contributed by atoms with E-state index in [-0.39, 0.29) is 0 Å². The summed E-state index contributed by atoms with van der Waals surface area (Å²) in [5.74, 6) is 0. The van der Waals surface area contributed by atoms with Crippen molar-refractivity contribution < 1.29 is 8.83 Å². The lowest BCUT2D eigenvalue weighted by atomic mass is 9.96. The zero-order chi connectivity index (χ0) is 32.3. The molecular formula is C46H29NO2. The van der Waals surface area contributed by atoms with Crippen molar-refractivity contribution in [3.05, 3.63) is 176 Å². The molecule has 10 rings (SSSR count). The highest BCUT2D eigenvalue weighted by Gasteiger charge is 2.23. The van der Waals surface area contributed by atoms with Crippen LogP contribution >= 0.6 is 0 Å². The molecule has 0 aliphatic heterocycles. The molecule has 230 valence electrons. The fourth-order valence-electron chi connectivity index (χ4n) is 7.38. The molecule has 0 atom stereocenters. The number of fused-ring (bicyclic) bond motifs is 7. The molecule has 10 aromatic rings. The highest BCUT2D eigenvalue weighted by atomic mass is 16.3. The van der Waals surface area contributed by atoms with Gasteiger partial charge in [0, 0.05) is 32.8 Å². The Morgan fingerprint density at radius 3 is 1.88 bits per heavy atom. The quantitative estimate of drug-likeness (QED) is 0.190. The van der Waals surface area contributed by atoms with E-state index >= 15 is 0 Å². The van der Waals surface area contributed by atoms with Crippen LogP contribution in [-0.4, -0.2) is 0 Å². The lowest BCUT2D eigenvalue weighted by Gasteiger charge is -2.28. The third-order valence-electron chi connectivity index (χ3n) is 9.66. The lowest BCUT2D eigenvalue weighted by Crippen LogP contribution is -2.11. The molecule has 0 aliphatic rings. The second-order valence-electron chi connectivity index (χ2n) is 12.5. The van der Waals surface area contributed by atoms with Gasteiger partial charge >= 0.3 is 0 Å². The lowest BCUT2D eigenvalue weighted by molar-refractivity contribution is 0.669. The molecule has 3 heteroatoms. The predicted molar refractivity (Wildman–Crippen MR) is 204 cm³/mol. The van der Waals surface area contributed by atoms with Gasteiger partial charge in [-0.2, -0.15) is 0 Å². The van der Waals surface area contributed by atoms with Gasteiger partial charge in [-0.3, -0.25) is 0 Å². The van der Waals surface area contributed by atoms with E-state index in [1.807, 2.05) is 12.1 Å². The smallest absolute Gasteiger partial charge is 0.159 e. The zero-order valence-corrected chi connectivity index (χ0v) is 26.5. The van der Waals surface area contributed by atoms with Crippen LogP contribution < -0.4 is 4.90 Å². The van der Waals surface area contributed by atoms with Gasteiger partial charge in [-0.1, -0.05) is 127 Å². The third-order valence-corrected chi connectivity index (χ3v) is 9.66. The summed E-state index contributed by atoms with van der Waals surface area (Å²) < 4.78 is 13.2. The maximum atomic E-state index is 6.65. The van der Waals surface area contributed by atoms with Gasteiger partial charge in [0.15, 0.2) is 5.58 Å². The molecule has 0 N–H and O–H groups in total. The predicted octanol–water partition coefficient (Wildman–Crippen LogP) is 13.4. The number of hydrogen-bond donors (Lipinski definition) is 0. The van der Waals surface area contributed by atoms with Gasteiger partial charge < -0.3 is 13.7 Å². The summed E-state index contributed by atoms with van der Waals surface area (Å²) in [7, 11) is 0. The summed E-state index contributed by atoms with van der Waals surface area (Å²) in [5, 5.41) is 6.77. The van der Waals surface area contributed by atoms with Crippen molar-refractivity contribution in [3.8, 4) is 22.3 Å². The average Bonchev–Trinajstić information content (AvgIpc) is 3.73. The minimum absolute atomic E-state index is 0.851. The van der Waals surface area contributed by atoms with Crippen LogP contribution in [0.5, 0.6) is 0 Å². The van der Waals surface area contributed by atoms with Crippen LogP contribution in [0.3, 0.4) is 0 Å². The molecular weight excluding hydrogens is 599 g/mol. The fourth-order valence-corrected chi connectivity index (χ4v) is 7.38. The third kappa shape index (κ3) is 4.44. The number of para-hydroxylation sites is 3. The van der Waals surface area contributed by atoms with Crippen LogP contribution in [0.15, 0.2) is 185 Å². The van der Waals surface area contributed by atoms with Crippen LogP contribution in [0.4, 0.5) is 17.1 Å². The molecule has 0 saturated heterocycles. The summed E-state index contributed by atoms with van der Waals surface area (Å²) in [4.78, 5) is 2.34. The first-order valence-corrected chi connectivity index (χ1v) is 16.6. The summed E-state index contributed by atoms with van der Waals surface area (Å²) in [5.41, 5.74) is 11.1. The molecule has 49 heavy (non-hydrogen) atoms. The Kier molecular flexibility index (Phi) is 6.18. The van der Waals surface area contributed by atoms with Gasteiger partial charge in [-0.15, -0.1) is 0 Å².